The van der Waals surface area contributed by atoms with Crippen molar-refractivity contribution < 1.29 is 13.6 Å². The summed E-state index contributed by atoms with van der Waals surface area (Å²) in [4.78, 5) is 23.9. The van der Waals surface area contributed by atoms with Crippen LogP contribution in [-0.4, -0.2) is 11.9 Å². The van der Waals surface area contributed by atoms with E-state index in [2.05, 4.69) is 5.32 Å². The van der Waals surface area contributed by atoms with Gasteiger partial charge < -0.3 is 14.2 Å². The molecular weight excluding hydrogens is 296 g/mol. The van der Waals surface area contributed by atoms with Gasteiger partial charge >= 0.3 is 5.63 Å². The highest BCUT2D eigenvalue weighted by Crippen LogP contribution is 2.26. The van der Waals surface area contributed by atoms with Crippen molar-refractivity contribution in [3.63, 3.8) is 0 Å². The number of hydrogen-bond acceptors (Lipinski definition) is 5. The summed E-state index contributed by atoms with van der Waals surface area (Å²) in [5, 5.41) is 12.0. The second kappa shape index (κ2) is 4.81. The number of fused-ring (bicyclic) bond motifs is 3. The molecule has 23 heavy (non-hydrogen) atoms. The lowest BCUT2D eigenvalue weighted by atomic mass is 10.1. The van der Waals surface area contributed by atoms with Gasteiger partial charge in [-0.05, 0) is 43.5 Å². The van der Waals surface area contributed by atoms with Crippen LogP contribution in [0.4, 0.5) is 0 Å². The molecule has 0 bridgehead atoms. The van der Waals surface area contributed by atoms with Gasteiger partial charge in [0, 0.05) is 17.5 Å². The molecule has 2 N–H and O–H groups in total. The molecule has 0 aliphatic heterocycles. The molecule has 3 aromatic rings. The van der Waals surface area contributed by atoms with Gasteiger partial charge in [0.1, 0.15) is 16.7 Å². The molecule has 4 rings (SSSR count). The SMILES string of the molecule is Cc1cc(=O)oc2c1ccc1oc(=N)c(C(=O)NC3CC3)cc12. The number of nitrogens with one attached hydrogen (secondary N) is 2. The molecule has 1 aliphatic rings. The average Bonchev–Trinajstić information content (AvgIpc) is 3.29. The molecule has 1 amide bonds. The van der Waals surface area contributed by atoms with Gasteiger partial charge in [-0.3, -0.25) is 10.2 Å². The van der Waals surface area contributed by atoms with Crippen LogP contribution < -0.4 is 16.5 Å². The molecular formula is C17H14N2O4. The first-order valence-electron chi connectivity index (χ1n) is 7.40. The van der Waals surface area contributed by atoms with E-state index in [1.54, 1.807) is 18.2 Å². The molecule has 1 fully saturated rings. The predicted octanol–water partition coefficient (Wildman–Crippen LogP) is 2.22. The van der Waals surface area contributed by atoms with Gasteiger partial charge in [0.15, 0.2) is 0 Å². The fourth-order valence-corrected chi connectivity index (χ4v) is 2.65. The predicted molar refractivity (Wildman–Crippen MR) is 83.3 cm³/mol. The summed E-state index contributed by atoms with van der Waals surface area (Å²) in [5.74, 6) is -0.338. The third-order valence-electron chi connectivity index (χ3n) is 4.02. The van der Waals surface area contributed by atoms with Crippen LogP contribution in [-0.2, 0) is 0 Å². The van der Waals surface area contributed by atoms with Crippen molar-refractivity contribution >= 4 is 27.8 Å². The van der Waals surface area contributed by atoms with Gasteiger partial charge in [0.25, 0.3) is 5.91 Å². The molecule has 0 atom stereocenters. The third-order valence-corrected chi connectivity index (χ3v) is 4.02. The lowest BCUT2D eigenvalue weighted by molar-refractivity contribution is 0.0947. The van der Waals surface area contributed by atoms with Crippen LogP contribution in [0.1, 0.15) is 28.8 Å². The van der Waals surface area contributed by atoms with Crippen LogP contribution in [0.15, 0.2) is 37.9 Å². The molecule has 0 spiro atoms. The van der Waals surface area contributed by atoms with E-state index in [1.807, 2.05) is 6.92 Å². The van der Waals surface area contributed by atoms with E-state index in [0.717, 1.165) is 23.8 Å². The maximum Gasteiger partial charge on any atom is 0.336 e. The van der Waals surface area contributed by atoms with Gasteiger partial charge in [-0.15, -0.1) is 0 Å². The minimum absolute atomic E-state index is 0.140. The Morgan fingerprint density at radius 2 is 2.00 bits per heavy atom. The molecule has 6 heteroatoms. The van der Waals surface area contributed by atoms with E-state index in [9.17, 15) is 9.59 Å². The number of carbonyl (C=O) groups is 1. The molecule has 0 radical (unpaired) electrons. The van der Waals surface area contributed by atoms with E-state index in [1.165, 1.54) is 6.07 Å². The quantitative estimate of drug-likeness (QED) is 0.560. The standard InChI is InChI=1S/C17H14N2O4/c1-8-6-14(20)23-15-10(8)4-5-13-11(15)7-12(16(18)22-13)17(21)19-9-2-3-9/h4-7,9,18H,2-3H2,1H3,(H,19,21). The van der Waals surface area contributed by atoms with Gasteiger partial charge in [-0.2, -0.15) is 0 Å². The van der Waals surface area contributed by atoms with E-state index in [-0.39, 0.29) is 23.1 Å². The molecule has 2 heterocycles. The zero-order valence-corrected chi connectivity index (χ0v) is 12.4. The Morgan fingerprint density at radius 1 is 1.22 bits per heavy atom. The highest BCUT2D eigenvalue weighted by molar-refractivity contribution is 6.05. The smallest absolute Gasteiger partial charge is 0.336 e. The molecule has 1 saturated carbocycles. The summed E-state index contributed by atoms with van der Waals surface area (Å²) >= 11 is 0. The third kappa shape index (κ3) is 2.32. The Balaban J connectivity index is 2.01. The van der Waals surface area contributed by atoms with Crippen molar-refractivity contribution in [2.45, 2.75) is 25.8 Å². The summed E-state index contributed by atoms with van der Waals surface area (Å²) in [6, 6.07) is 6.66. The largest absolute Gasteiger partial charge is 0.438 e. The first-order valence-corrected chi connectivity index (χ1v) is 7.40. The Kier molecular flexibility index (Phi) is 2.87. The maximum absolute atomic E-state index is 12.2. The Hall–Kier alpha value is -2.89. The fraction of sp³-hybridized carbons (Fsp3) is 0.235. The first-order chi connectivity index (χ1) is 11.0. The summed E-state index contributed by atoms with van der Waals surface area (Å²) in [7, 11) is 0. The number of rotatable bonds is 2. The fourth-order valence-electron chi connectivity index (χ4n) is 2.65. The van der Waals surface area contributed by atoms with Crippen LogP contribution >= 0.6 is 0 Å². The van der Waals surface area contributed by atoms with Crippen molar-refractivity contribution in [1.29, 1.82) is 5.41 Å². The van der Waals surface area contributed by atoms with Crippen molar-refractivity contribution in [3.05, 3.63) is 51.4 Å². The number of hydrogen-bond donors (Lipinski definition) is 2. The maximum atomic E-state index is 12.2. The number of carbonyl (C=O) groups excluding carboxylic acids is 1. The Bertz CT molecular complexity index is 1070. The monoisotopic (exact) mass is 310 g/mol. The summed E-state index contributed by atoms with van der Waals surface area (Å²) < 4.78 is 10.8. The van der Waals surface area contributed by atoms with E-state index in [0.29, 0.717) is 16.6 Å². The van der Waals surface area contributed by atoms with Crippen LogP contribution in [0.3, 0.4) is 0 Å². The second-order valence-corrected chi connectivity index (χ2v) is 5.84. The molecule has 6 nitrogen and oxygen atoms in total. The van der Waals surface area contributed by atoms with E-state index < -0.39 is 5.63 Å². The lowest BCUT2D eigenvalue weighted by Gasteiger charge is -2.07. The molecule has 2 aromatic heterocycles. The van der Waals surface area contributed by atoms with Gasteiger partial charge in [-0.1, -0.05) is 0 Å². The van der Waals surface area contributed by atoms with Crippen molar-refractivity contribution in [2.24, 2.45) is 0 Å². The molecule has 1 aromatic carbocycles. The van der Waals surface area contributed by atoms with Crippen LogP contribution in [0.5, 0.6) is 0 Å². The van der Waals surface area contributed by atoms with Gasteiger partial charge in [-0.25, -0.2) is 4.79 Å². The van der Waals surface area contributed by atoms with Crippen molar-refractivity contribution in [2.75, 3.05) is 0 Å². The van der Waals surface area contributed by atoms with Crippen LogP contribution in [0.2, 0.25) is 0 Å². The van der Waals surface area contributed by atoms with E-state index in [4.69, 9.17) is 14.2 Å². The Labute approximate surface area is 130 Å². The lowest BCUT2D eigenvalue weighted by Crippen LogP contribution is -2.29. The minimum atomic E-state index is -0.457. The number of amides is 1. The molecule has 0 saturated heterocycles. The zero-order chi connectivity index (χ0) is 16.1. The summed E-state index contributed by atoms with van der Waals surface area (Å²) in [6.07, 6.45) is 1.92. The van der Waals surface area contributed by atoms with Gasteiger partial charge in [0.2, 0.25) is 5.55 Å². The highest BCUT2D eigenvalue weighted by Gasteiger charge is 2.25. The van der Waals surface area contributed by atoms with Crippen LogP contribution in [0, 0.1) is 12.3 Å². The summed E-state index contributed by atoms with van der Waals surface area (Å²) in [6.45, 7) is 1.82. The van der Waals surface area contributed by atoms with Crippen LogP contribution in [0.25, 0.3) is 21.9 Å². The summed E-state index contributed by atoms with van der Waals surface area (Å²) in [5.41, 5.74) is 1.04. The molecule has 1 aliphatic carbocycles. The number of benzene rings is 1. The topological polar surface area (TPSA) is 96.3 Å². The van der Waals surface area contributed by atoms with Crippen molar-refractivity contribution in [3.8, 4) is 0 Å². The highest BCUT2D eigenvalue weighted by atomic mass is 16.4. The molecule has 0 unspecified atom stereocenters. The second-order valence-electron chi connectivity index (χ2n) is 5.84. The van der Waals surface area contributed by atoms with Gasteiger partial charge in [0.05, 0.1) is 5.39 Å². The molecule has 116 valence electrons. The van der Waals surface area contributed by atoms with E-state index >= 15 is 0 Å². The number of aryl methyl sites for hydroxylation is 1. The zero-order valence-electron chi connectivity index (χ0n) is 12.4. The Morgan fingerprint density at radius 3 is 2.74 bits per heavy atom. The average molecular weight is 310 g/mol. The van der Waals surface area contributed by atoms with Crippen molar-refractivity contribution in [1.82, 2.24) is 5.32 Å². The first kappa shape index (κ1) is 13.8. The minimum Gasteiger partial charge on any atom is -0.438 e. The normalized spacial score (nSPS) is 14.3.